The Balaban J connectivity index is 1.43. The normalized spacial score (nSPS) is 22.0. The third-order valence-electron chi connectivity index (χ3n) is 5.58. The van der Waals surface area contributed by atoms with E-state index >= 15 is 0 Å². The SMILES string of the molecule is C[C@H](C(=O)N1CCc2ccccc2C1)N1CCC[C@@H]1Cn1cncn1. The van der Waals surface area contributed by atoms with Crippen molar-refractivity contribution in [1.29, 1.82) is 0 Å². The lowest BCUT2D eigenvalue weighted by molar-refractivity contribution is -0.137. The number of carbonyl (C=O) groups excluding carboxylic acids is 1. The number of rotatable bonds is 4. The van der Waals surface area contributed by atoms with Gasteiger partial charge in [0.25, 0.3) is 0 Å². The Morgan fingerprint density at radius 2 is 2.12 bits per heavy atom. The molecule has 6 nitrogen and oxygen atoms in total. The van der Waals surface area contributed by atoms with Crippen LogP contribution in [-0.2, 0) is 24.3 Å². The van der Waals surface area contributed by atoms with Crippen molar-refractivity contribution in [2.45, 2.75) is 51.4 Å². The van der Waals surface area contributed by atoms with Gasteiger partial charge in [-0.3, -0.25) is 14.4 Å². The lowest BCUT2D eigenvalue weighted by Crippen LogP contribution is -2.50. The average Bonchev–Trinajstić information content (AvgIpc) is 3.32. The minimum atomic E-state index is -0.0821. The molecule has 2 aliphatic rings. The average molecular weight is 339 g/mol. The smallest absolute Gasteiger partial charge is 0.239 e. The molecule has 1 aromatic carbocycles. The van der Waals surface area contributed by atoms with Crippen LogP contribution in [0.3, 0.4) is 0 Å². The second-order valence-electron chi connectivity index (χ2n) is 7.11. The van der Waals surface area contributed by atoms with Gasteiger partial charge in [-0.1, -0.05) is 24.3 Å². The largest absolute Gasteiger partial charge is 0.337 e. The Morgan fingerprint density at radius 3 is 2.92 bits per heavy atom. The number of hydrogen-bond donors (Lipinski definition) is 0. The van der Waals surface area contributed by atoms with Crippen molar-refractivity contribution < 1.29 is 4.79 Å². The topological polar surface area (TPSA) is 54.3 Å². The Morgan fingerprint density at radius 1 is 1.28 bits per heavy atom. The van der Waals surface area contributed by atoms with Gasteiger partial charge in [-0.2, -0.15) is 5.10 Å². The number of likely N-dealkylation sites (tertiary alicyclic amines) is 1. The van der Waals surface area contributed by atoms with E-state index in [1.54, 1.807) is 12.7 Å². The fourth-order valence-corrected chi connectivity index (χ4v) is 4.20. The minimum absolute atomic E-state index is 0.0821. The molecule has 0 bridgehead atoms. The molecule has 0 N–H and O–H groups in total. The van der Waals surface area contributed by atoms with Gasteiger partial charge >= 0.3 is 0 Å². The highest BCUT2D eigenvalue weighted by atomic mass is 16.2. The van der Waals surface area contributed by atoms with Crippen molar-refractivity contribution in [2.75, 3.05) is 13.1 Å². The molecule has 25 heavy (non-hydrogen) atoms. The van der Waals surface area contributed by atoms with E-state index in [0.717, 1.165) is 45.4 Å². The van der Waals surface area contributed by atoms with Crippen molar-refractivity contribution in [3.8, 4) is 0 Å². The van der Waals surface area contributed by atoms with Gasteiger partial charge in [-0.05, 0) is 43.9 Å². The minimum Gasteiger partial charge on any atom is -0.337 e. The molecular weight excluding hydrogens is 314 g/mol. The lowest BCUT2D eigenvalue weighted by atomic mass is 9.99. The zero-order valence-corrected chi connectivity index (χ0v) is 14.7. The molecule has 2 atom stereocenters. The highest BCUT2D eigenvalue weighted by molar-refractivity contribution is 5.81. The number of nitrogens with zero attached hydrogens (tertiary/aromatic N) is 5. The summed E-state index contributed by atoms with van der Waals surface area (Å²) < 4.78 is 1.87. The van der Waals surface area contributed by atoms with Crippen molar-refractivity contribution in [2.24, 2.45) is 0 Å². The molecule has 1 fully saturated rings. The third-order valence-corrected chi connectivity index (χ3v) is 5.58. The molecule has 1 saturated heterocycles. The molecule has 1 amide bonds. The molecule has 132 valence electrons. The molecule has 4 rings (SSSR count). The molecule has 6 heteroatoms. The van der Waals surface area contributed by atoms with E-state index in [-0.39, 0.29) is 11.9 Å². The number of aromatic nitrogens is 3. The number of benzene rings is 1. The monoisotopic (exact) mass is 339 g/mol. The predicted molar refractivity (Wildman–Crippen MR) is 94.8 cm³/mol. The molecule has 3 heterocycles. The summed E-state index contributed by atoms with van der Waals surface area (Å²) in [5.41, 5.74) is 2.67. The van der Waals surface area contributed by atoms with Crippen LogP contribution < -0.4 is 0 Å². The van der Waals surface area contributed by atoms with Gasteiger partial charge in [-0.25, -0.2) is 4.98 Å². The van der Waals surface area contributed by atoms with Crippen LogP contribution in [0.5, 0.6) is 0 Å². The molecule has 0 spiro atoms. The molecule has 0 aliphatic carbocycles. The van der Waals surface area contributed by atoms with Crippen molar-refractivity contribution in [3.63, 3.8) is 0 Å². The van der Waals surface area contributed by atoms with Gasteiger partial charge in [0.05, 0.1) is 12.6 Å². The summed E-state index contributed by atoms with van der Waals surface area (Å²) in [5.74, 6) is 0.250. The van der Waals surface area contributed by atoms with Gasteiger partial charge < -0.3 is 4.90 Å². The molecular formula is C19H25N5O. The molecule has 1 aromatic heterocycles. The van der Waals surface area contributed by atoms with Crippen LogP contribution in [0.15, 0.2) is 36.9 Å². The summed E-state index contributed by atoms with van der Waals surface area (Å²) in [5, 5.41) is 4.22. The van der Waals surface area contributed by atoms with Gasteiger partial charge in [0.1, 0.15) is 12.7 Å². The highest BCUT2D eigenvalue weighted by Crippen LogP contribution is 2.24. The Labute approximate surface area is 148 Å². The lowest BCUT2D eigenvalue weighted by Gasteiger charge is -2.36. The molecule has 2 aromatic rings. The zero-order chi connectivity index (χ0) is 17.2. The van der Waals surface area contributed by atoms with Crippen LogP contribution in [0.2, 0.25) is 0 Å². The van der Waals surface area contributed by atoms with Crippen LogP contribution in [0, 0.1) is 0 Å². The summed E-state index contributed by atoms with van der Waals surface area (Å²) in [7, 11) is 0. The first-order valence-corrected chi connectivity index (χ1v) is 9.16. The Bertz CT molecular complexity index is 729. The maximum absolute atomic E-state index is 13.1. The van der Waals surface area contributed by atoms with E-state index in [2.05, 4.69) is 46.2 Å². The number of amides is 1. The fraction of sp³-hybridized carbons (Fsp3) is 0.526. The summed E-state index contributed by atoms with van der Waals surface area (Å²) in [6, 6.07) is 8.74. The first kappa shape index (κ1) is 16.3. The molecule has 0 saturated carbocycles. The van der Waals surface area contributed by atoms with Gasteiger partial charge in [0.15, 0.2) is 0 Å². The zero-order valence-electron chi connectivity index (χ0n) is 14.7. The van der Waals surface area contributed by atoms with Crippen LogP contribution in [-0.4, -0.2) is 55.6 Å². The number of fused-ring (bicyclic) bond motifs is 1. The molecule has 2 aliphatic heterocycles. The predicted octanol–water partition coefficient (Wildman–Crippen LogP) is 1.72. The maximum atomic E-state index is 13.1. The molecule has 0 radical (unpaired) electrons. The van der Waals surface area contributed by atoms with Gasteiger partial charge in [0.2, 0.25) is 5.91 Å². The summed E-state index contributed by atoms with van der Waals surface area (Å²) in [6.07, 6.45) is 6.53. The van der Waals surface area contributed by atoms with E-state index in [1.807, 2.05) is 9.58 Å². The number of carbonyl (C=O) groups is 1. The van der Waals surface area contributed by atoms with Crippen LogP contribution in [0.25, 0.3) is 0 Å². The molecule has 0 unspecified atom stereocenters. The van der Waals surface area contributed by atoms with E-state index in [9.17, 15) is 4.79 Å². The second-order valence-corrected chi connectivity index (χ2v) is 7.11. The Kier molecular flexibility index (Phi) is 4.53. The summed E-state index contributed by atoms with van der Waals surface area (Å²) in [4.78, 5) is 21.5. The van der Waals surface area contributed by atoms with E-state index in [4.69, 9.17) is 0 Å². The highest BCUT2D eigenvalue weighted by Gasteiger charge is 2.35. The Hall–Kier alpha value is -2.21. The van der Waals surface area contributed by atoms with Crippen molar-refractivity contribution >= 4 is 5.91 Å². The van der Waals surface area contributed by atoms with E-state index in [0.29, 0.717) is 6.04 Å². The van der Waals surface area contributed by atoms with Gasteiger partial charge in [0, 0.05) is 19.1 Å². The van der Waals surface area contributed by atoms with Crippen LogP contribution in [0.1, 0.15) is 30.9 Å². The van der Waals surface area contributed by atoms with Crippen LogP contribution in [0.4, 0.5) is 0 Å². The maximum Gasteiger partial charge on any atom is 0.239 e. The van der Waals surface area contributed by atoms with Crippen molar-refractivity contribution in [3.05, 3.63) is 48.0 Å². The van der Waals surface area contributed by atoms with Crippen LogP contribution >= 0.6 is 0 Å². The third kappa shape index (κ3) is 3.31. The van der Waals surface area contributed by atoms with Gasteiger partial charge in [-0.15, -0.1) is 0 Å². The van der Waals surface area contributed by atoms with E-state index in [1.165, 1.54) is 11.1 Å². The van der Waals surface area contributed by atoms with Crippen molar-refractivity contribution in [1.82, 2.24) is 24.6 Å². The van der Waals surface area contributed by atoms with E-state index < -0.39 is 0 Å². The standard InChI is InChI=1S/C19H25N5O/c1-15(24-9-4-7-18(24)12-23-14-20-13-21-23)19(25)22-10-8-16-5-2-3-6-17(16)11-22/h2-3,5-6,13-15,18H,4,7-12H2,1H3/t15-,18-/m1/s1. The first-order chi connectivity index (χ1) is 12.2. The summed E-state index contributed by atoms with van der Waals surface area (Å²) in [6.45, 7) is 5.41. The first-order valence-electron chi connectivity index (χ1n) is 9.16. The summed E-state index contributed by atoms with van der Waals surface area (Å²) >= 11 is 0. The number of hydrogen-bond acceptors (Lipinski definition) is 4. The quantitative estimate of drug-likeness (QED) is 0.851. The second kappa shape index (κ2) is 6.96. The fourth-order valence-electron chi connectivity index (χ4n) is 4.20.